The second-order valence-corrected chi connectivity index (χ2v) is 10.0. The Kier molecular flexibility index (Phi) is 5.79. The van der Waals surface area contributed by atoms with E-state index < -0.39 is 0 Å². The normalized spacial score (nSPS) is 15.7. The lowest BCUT2D eigenvalue weighted by atomic mass is 10.0. The maximum Gasteiger partial charge on any atom is 0.273 e. The first-order chi connectivity index (χ1) is 17.5. The van der Waals surface area contributed by atoms with Crippen molar-refractivity contribution < 1.29 is 9.59 Å². The lowest BCUT2D eigenvalue weighted by Crippen LogP contribution is -2.44. The number of benzene rings is 3. The van der Waals surface area contributed by atoms with Gasteiger partial charge in [0.05, 0.1) is 12.1 Å². The summed E-state index contributed by atoms with van der Waals surface area (Å²) < 4.78 is 2.06. The number of anilines is 1. The molecule has 0 spiro atoms. The molecular formula is C27H24N6O2S. The van der Waals surface area contributed by atoms with Crippen LogP contribution in [0.5, 0.6) is 0 Å². The SMILES string of the molecule is Nc1nc(C(=O)N2Cc3ccccc3C2)c2cc(-c3ccccc3SN3CCNC(=O)C3)ccc2n1. The summed E-state index contributed by atoms with van der Waals surface area (Å²) in [5.74, 6) is -0.0574. The summed E-state index contributed by atoms with van der Waals surface area (Å²) in [5.41, 5.74) is 11.2. The average molecular weight is 497 g/mol. The molecule has 0 radical (unpaired) electrons. The van der Waals surface area contributed by atoms with E-state index in [1.807, 2.05) is 66.7 Å². The minimum absolute atomic E-state index is 0.0268. The fraction of sp³-hybridized carbons (Fsp3) is 0.185. The zero-order chi connectivity index (χ0) is 24.6. The highest BCUT2D eigenvalue weighted by atomic mass is 32.2. The number of rotatable bonds is 4. The first-order valence-corrected chi connectivity index (χ1v) is 12.5. The minimum atomic E-state index is -0.163. The molecule has 1 fully saturated rings. The highest BCUT2D eigenvalue weighted by molar-refractivity contribution is 7.97. The highest BCUT2D eigenvalue weighted by Crippen LogP contribution is 2.35. The van der Waals surface area contributed by atoms with Crippen molar-refractivity contribution in [1.29, 1.82) is 0 Å². The highest BCUT2D eigenvalue weighted by Gasteiger charge is 2.27. The fourth-order valence-electron chi connectivity index (χ4n) is 4.72. The van der Waals surface area contributed by atoms with Crippen LogP contribution in [0.3, 0.4) is 0 Å². The van der Waals surface area contributed by atoms with Gasteiger partial charge < -0.3 is 16.0 Å². The Bertz CT molecular complexity index is 1480. The van der Waals surface area contributed by atoms with Gasteiger partial charge in [-0.2, -0.15) is 0 Å². The Labute approximate surface area is 212 Å². The number of fused-ring (bicyclic) bond motifs is 2. The third-order valence-corrected chi connectivity index (χ3v) is 7.60. The number of nitrogen functional groups attached to an aromatic ring is 1. The van der Waals surface area contributed by atoms with Gasteiger partial charge in [0.25, 0.3) is 5.91 Å². The molecule has 6 rings (SSSR count). The molecule has 1 saturated heterocycles. The van der Waals surface area contributed by atoms with E-state index in [1.165, 1.54) is 0 Å². The molecule has 3 aromatic carbocycles. The summed E-state index contributed by atoms with van der Waals surface area (Å²) in [4.78, 5) is 37.1. The molecule has 8 nitrogen and oxygen atoms in total. The number of carbonyl (C=O) groups excluding carboxylic acids is 2. The van der Waals surface area contributed by atoms with Crippen molar-refractivity contribution in [2.45, 2.75) is 18.0 Å². The van der Waals surface area contributed by atoms with E-state index in [9.17, 15) is 9.59 Å². The number of amides is 2. The van der Waals surface area contributed by atoms with Gasteiger partial charge in [-0.25, -0.2) is 14.3 Å². The molecule has 1 aromatic heterocycles. The molecule has 180 valence electrons. The van der Waals surface area contributed by atoms with Crippen LogP contribution in [0.15, 0.2) is 71.6 Å². The van der Waals surface area contributed by atoms with E-state index in [1.54, 1.807) is 16.8 Å². The van der Waals surface area contributed by atoms with Crippen LogP contribution in [0.2, 0.25) is 0 Å². The van der Waals surface area contributed by atoms with Gasteiger partial charge in [0, 0.05) is 36.5 Å². The second kappa shape index (κ2) is 9.25. The summed E-state index contributed by atoms with van der Waals surface area (Å²) in [7, 11) is 0. The largest absolute Gasteiger partial charge is 0.368 e. The maximum absolute atomic E-state index is 13.6. The van der Waals surface area contributed by atoms with Gasteiger partial charge in [-0.1, -0.05) is 48.5 Å². The number of carbonyl (C=O) groups is 2. The third kappa shape index (κ3) is 4.27. The molecule has 2 aliphatic rings. The summed E-state index contributed by atoms with van der Waals surface area (Å²) in [5, 5.41) is 3.53. The number of aromatic nitrogens is 2. The van der Waals surface area contributed by atoms with Crippen LogP contribution in [-0.2, 0) is 17.9 Å². The molecule has 0 unspecified atom stereocenters. The molecule has 36 heavy (non-hydrogen) atoms. The van der Waals surface area contributed by atoms with E-state index in [0.29, 0.717) is 42.8 Å². The Balaban J connectivity index is 1.37. The second-order valence-electron chi connectivity index (χ2n) is 8.89. The summed E-state index contributed by atoms with van der Waals surface area (Å²) in [6, 6.07) is 22.0. The van der Waals surface area contributed by atoms with Crippen LogP contribution in [0.4, 0.5) is 5.95 Å². The van der Waals surface area contributed by atoms with Crippen molar-refractivity contribution in [3.63, 3.8) is 0 Å². The van der Waals surface area contributed by atoms with E-state index in [-0.39, 0.29) is 17.8 Å². The van der Waals surface area contributed by atoms with E-state index >= 15 is 0 Å². The molecule has 2 aliphatic heterocycles. The standard InChI is InChI=1S/C27H24N6O2S/c28-27-30-22-10-9-17(20-7-3-4-8-23(20)36-33-12-11-29-24(34)16-33)13-21(22)25(31-27)26(35)32-14-18-5-1-2-6-19(18)15-32/h1-10,13H,11-12,14-16H2,(H,29,34)(H2,28,30,31). The van der Waals surface area contributed by atoms with Crippen molar-refractivity contribution >= 4 is 40.6 Å². The summed E-state index contributed by atoms with van der Waals surface area (Å²) >= 11 is 1.57. The van der Waals surface area contributed by atoms with Crippen LogP contribution >= 0.6 is 11.9 Å². The molecule has 0 bridgehead atoms. The molecule has 0 aliphatic carbocycles. The van der Waals surface area contributed by atoms with Crippen LogP contribution in [0.1, 0.15) is 21.6 Å². The lowest BCUT2D eigenvalue weighted by Gasteiger charge is -2.26. The van der Waals surface area contributed by atoms with Gasteiger partial charge in [0.2, 0.25) is 11.9 Å². The molecule has 0 saturated carbocycles. The molecule has 3 N–H and O–H groups in total. The molecule has 2 amide bonds. The number of hydrogen-bond acceptors (Lipinski definition) is 7. The quantitative estimate of drug-likeness (QED) is 0.417. The van der Waals surface area contributed by atoms with Crippen LogP contribution in [-0.4, -0.2) is 50.6 Å². The molecule has 3 heterocycles. The number of piperazine rings is 1. The topological polar surface area (TPSA) is 104 Å². The summed E-state index contributed by atoms with van der Waals surface area (Å²) in [6.45, 7) is 2.84. The van der Waals surface area contributed by atoms with E-state index in [2.05, 4.69) is 19.6 Å². The van der Waals surface area contributed by atoms with E-state index in [4.69, 9.17) is 5.73 Å². The predicted molar refractivity (Wildman–Crippen MR) is 140 cm³/mol. The van der Waals surface area contributed by atoms with Crippen LogP contribution in [0.25, 0.3) is 22.0 Å². The van der Waals surface area contributed by atoms with Gasteiger partial charge in [0.1, 0.15) is 5.69 Å². The smallest absolute Gasteiger partial charge is 0.273 e. The predicted octanol–water partition coefficient (Wildman–Crippen LogP) is 3.47. The van der Waals surface area contributed by atoms with Crippen molar-refractivity contribution in [3.8, 4) is 11.1 Å². The van der Waals surface area contributed by atoms with Gasteiger partial charge in [-0.3, -0.25) is 9.59 Å². The van der Waals surface area contributed by atoms with Crippen molar-refractivity contribution in [2.24, 2.45) is 0 Å². The van der Waals surface area contributed by atoms with Crippen molar-refractivity contribution in [1.82, 2.24) is 24.5 Å². The summed E-state index contributed by atoms with van der Waals surface area (Å²) in [6.07, 6.45) is 0. The number of nitrogens with two attached hydrogens (primary N) is 1. The van der Waals surface area contributed by atoms with Gasteiger partial charge >= 0.3 is 0 Å². The minimum Gasteiger partial charge on any atom is -0.368 e. The zero-order valence-corrected chi connectivity index (χ0v) is 20.3. The van der Waals surface area contributed by atoms with Crippen molar-refractivity contribution in [2.75, 3.05) is 25.4 Å². The zero-order valence-electron chi connectivity index (χ0n) is 19.5. The van der Waals surface area contributed by atoms with E-state index in [0.717, 1.165) is 33.7 Å². The average Bonchev–Trinajstić information content (AvgIpc) is 3.32. The lowest BCUT2D eigenvalue weighted by molar-refractivity contribution is -0.122. The first kappa shape index (κ1) is 22.5. The van der Waals surface area contributed by atoms with Crippen LogP contribution in [0, 0.1) is 0 Å². The number of nitrogens with one attached hydrogen (secondary N) is 1. The Morgan fingerprint density at radius 2 is 1.69 bits per heavy atom. The third-order valence-electron chi connectivity index (χ3n) is 6.47. The molecule has 4 aromatic rings. The Morgan fingerprint density at radius 3 is 2.47 bits per heavy atom. The Morgan fingerprint density at radius 1 is 0.944 bits per heavy atom. The molecule has 0 atom stereocenters. The molecular weight excluding hydrogens is 472 g/mol. The molecule has 9 heteroatoms. The monoisotopic (exact) mass is 496 g/mol. The van der Waals surface area contributed by atoms with Crippen molar-refractivity contribution in [3.05, 3.63) is 83.6 Å². The van der Waals surface area contributed by atoms with Gasteiger partial charge in [-0.05, 0) is 52.4 Å². The number of nitrogens with zero attached hydrogens (tertiary/aromatic N) is 4. The maximum atomic E-state index is 13.6. The first-order valence-electron chi connectivity index (χ1n) is 11.8. The van der Waals surface area contributed by atoms with Gasteiger partial charge in [0.15, 0.2) is 0 Å². The fourth-order valence-corrected chi connectivity index (χ4v) is 5.79. The van der Waals surface area contributed by atoms with Crippen LogP contribution < -0.4 is 11.1 Å². The number of hydrogen-bond donors (Lipinski definition) is 2. The van der Waals surface area contributed by atoms with Gasteiger partial charge in [-0.15, -0.1) is 0 Å². The Hall–Kier alpha value is -3.95.